The summed E-state index contributed by atoms with van der Waals surface area (Å²) in [5, 5.41) is 14.6. The second-order valence-electron chi connectivity index (χ2n) is 5.69. The lowest BCUT2D eigenvalue weighted by Gasteiger charge is -2.13. The van der Waals surface area contributed by atoms with Crippen LogP contribution in [0.15, 0.2) is 24.3 Å². The maximum atomic E-state index is 13.9. The Labute approximate surface area is 116 Å². The van der Waals surface area contributed by atoms with Crippen molar-refractivity contribution in [1.82, 2.24) is 14.8 Å². The van der Waals surface area contributed by atoms with Gasteiger partial charge < -0.3 is 5.11 Å². The first kappa shape index (κ1) is 12.0. The van der Waals surface area contributed by atoms with Crippen molar-refractivity contribution in [1.29, 1.82) is 0 Å². The Morgan fingerprint density at radius 3 is 2.80 bits per heavy atom. The minimum atomic E-state index is -0.561. The van der Waals surface area contributed by atoms with Crippen LogP contribution in [-0.4, -0.2) is 19.9 Å². The van der Waals surface area contributed by atoms with Crippen molar-refractivity contribution in [3.8, 4) is 0 Å². The number of aliphatic hydroxyl groups excluding tert-OH is 1. The monoisotopic (exact) mass is 273 g/mol. The first-order valence-electron chi connectivity index (χ1n) is 7.12. The van der Waals surface area contributed by atoms with E-state index in [9.17, 15) is 9.50 Å². The van der Waals surface area contributed by atoms with Gasteiger partial charge in [0.25, 0.3) is 0 Å². The van der Waals surface area contributed by atoms with Crippen LogP contribution in [0.25, 0.3) is 0 Å². The van der Waals surface area contributed by atoms with Crippen LogP contribution in [0.2, 0.25) is 0 Å². The second-order valence-corrected chi connectivity index (χ2v) is 5.69. The van der Waals surface area contributed by atoms with Crippen LogP contribution < -0.4 is 0 Å². The zero-order chi connectivity index (χ0) is 13.7. The zero-order valence-electron chi connectivity index (χ0n) is 11.0. The highest BCUT2D eigenvalue weighted by Gasteiger charge is 2.36. The fraction of sp³-hybridized carbons (Fsp3) is 0.467. The highest BCUT2D eigenvalue weighted by atomic mass is 19.1. The molecule has 0 radical (unpaired) electrons. The second kappa shape index (κ2) is 4.38. The molecule has 104 valence electrons. The normalized spacial score (nSPS) is 22.8. The molecule has 1 aliphatic carbocycles. The Balaban J connectivity index is 1.69. The largest absolute Gasteiger partial charge is 0.385 e. The van der Waals surface area contributed by atoms with Crippen molar-refractivity contribution >= 4 is 0 Å². The van der Waals surface area contributed by atoms with Gasteiger partial charge in [-0.05, 0) is 31.2 Å². The van der Waals surface area contributed by atoms with E-state index in [1.165, 1.54) is 6.07 Å². The third-order valence-electron chi connectivity index (χ3n) is 4.25. The third kappa shape index (κ3) is 1.85. The number of hydrogen-bond acceptors (Lipinski definition) is 3. The van der Waals surface area contributed by atoms with E-state index in [1.807, 2.05) is 6.07 Å². The van der Waals surface area contributed by atoms with Gasteiger partial charge in [-0.15, -0.1) is 0 Å². The fourth-order valence-electron chi connectivity index (χ4n) is 2.96. The Morgan fingerprint density at radius 2 is 2.05 bits per heavy atom. The summed E-state index contributed by atoms with van der Waals surface area (Å²) in [5.41, 5.74) is 0.656. The number of aliphatic hydroxyl groups is 1. The summed E-state index contributed by atoms with van der Waals surface area (Å²) >= 11 is 0. The molecule has 2 heterocycles. The molecule has 0 saturated heterocycles. The number of aromatic nitrogens is 3. The molecule has 1 aromatic carbocycles. The van der Waals surface area contributed by atoms with Gasteiger partial charge in [-0.2, -0.15) is 5.10 Å². The van der Waals surface area contributed by atoms with Gasteiger partial charge in [0, 0.05) is 12.0 Å². The molecule has 2 aromatic rings. The number of halogens is 1. The Bertz CT molecular complexity index is 650. The van der Waals surface area contributed by atoms with Gasteiger partial charge >= 0.3 is 0 Å². The first-order valence-corrected chi connectivity index (χ1v) is 7.12. The summed E-state index contributed by atoms with van der Waals surface area (Å²) in [6.07, 6.45) is 3.12. The van der Waals surface area contributed by atoms with Crippen molar-refractivity contribution in [3.63, 3.8) is 0 Å². The fourth-order valence-corrected chi connectivity index (χ4v) is 2.96. The predicted molar refractivity (Wildman–Crippen MR) is 70.6 cm³/mol. The summed E-state index contributed by atoms with van der Waals surface area (Å²) < 4.78 is 15.7. The summed E-state index contributed by atoms with van der Waals surface area (Å²) in [7, 11) is 0. The maximum Gasteiger partial charge on any atom is 0.179 e. The zero-order valence-corrected chi connectivity index (χ0v) is 11.0. The Kier molecular flexibility index (Phi) is 2.63. The summed E-state index contributed by atoms with van der Waals surface area (Å²) in [6.45, 7) is 0. The van der Waals surface area contributed by atoms with Crippen molar-refractivity contribution in [3.05, 3.63) is 47.3 Å². The molecule has 4 nitrogen and oxygen atoms in total. The van der Waals surface area contributed by atoms with Crippen molar-refractivity contribution in [2.45, 2.75) is 37.8 Å². The summed E-state index contributed by atoms with van der Waals surface area (Å²) in [5.74, 6) is 1.46. The molecule has 1 aromatic heterocycles. The van der Waals surface area contributed by atoms with E-state index < -0.39 is 6.10 Å². The van der Waals surface area contributed by atoms with Crippen LogP contribution in [0, 0.1) is 11.7 Å². The van der Waals surface area contributed by atoms with E-state index in [2.05, 4.69) is 10.1 Å². The van der Waals surface area contributed by atoms with E-state index in [0.29, 0.717) is 17.3 Å². The first-order chi connectivity index (χ1) is 9.74. The average Bonchev–Trinajstić information content (AvgIpc) is 3.09. The molecule has 20 heavy (non-hydrogen) atoms. The number of fused-ring (bicyclic) bond motifs is 1. The highest BCUT2D eigenvalue weighted by molar-refractivity contribution is 5.24. The molecule has 1 aliphatic heterocycles. The molecular weight excluding hydrogens is 257 g/mol. The molecule has 0 spiro atoms. The van der Waals surface area contributed by atoms with Crippen LogP contribution in [0.3, 0.4) is 0 Å². The van der Waals surface area contributed by atoms with E-state index in [-0.39, 0.29) is 11.9 Å². The number of hydrogen-bond donors (Lipinski definition) is 1. The molecule has 5 heteroatoms. The van der Waals surface area contributed by atoms with Gasteiger partial charge in [-0.1, -0.05) is 18.2 Å². The summed E-state index contributed by atoms with van der Waals surface area (Å²) in [4.78, 5) is 4.44. The molecular formula is C15H16FN3O. The van der Waals surface area contributed by atoms with Gasteiger partial charge in [-0.3, -0.25) is 0 Å². The van der Waals surface area contributed by atoms with Crippen LogP contribution in [-0.2, 0) is 6.42 Å². The Morgan fingerprint density at radius 1 is 1.25 bits per heavy atom. The quantitative estimate of drug-likeness (QED) is 0.934. The number of nitrogens with zero attached hydrogens (tertiary/aromatic N) is 3. The topological polar surface area (TPSA) is 50.9 Å². The summed E-state index contributed by atoms with van der Waals surface area (Å²) in [6, 6.07) is 6.71. The average molecular weight is 273 g/mol. The Hall–Kier alpha value is -1.75. The molecule has 2 aliphatic rings. The van der Waals surface area contributed by atoms with Gasteiger partial charge in [0.2, 0.25) is 0 Å². The minimum Gasteiger partial charge on any atom is -0.385 e. The lowest BCUT2D eigenvalue weighted by molar-refractivity contribution is 0.143. The lowest BCUT2D eigenvalue weighted by Crippen LogP contribution is -2.11. The molecule has 0 amide bonds. The SMILES string of the molecule is OC(c1nc2n(n1)C(c1ccccc1F)CC2)C1CC1. The molecule has 2 atom stereocenters. The van der Waals surface area contributed by atoms with E-state index in [4.69, 9.17) is 0 Å². The lowest BCUT2D eigenvalue weighted by atomic mass is 10.0. The maximum absolute atomic E-state index is 13.9. The van der Waals surface area contributed by atoms with Crippen LogP contribution in [0.4, 0.5) is 4.39 Å². The minimum absolute atomic E-state index is 0.0983. The number of rotatable bonds is 3. The number of aryl methyl sites for hydroxylation is 1. The van der Waals surface area contributed by atoms with Crippen LogP contribution >= 0.6 is 0 Å². The predicted octanol–water partition coefficient (Wildman–Crippen LogP) is 2.40. The molecule has 1 saturated carbocycles. The van der Waals surface area contributed by atoms with E-state index in [0.717, 1.165) is 31.5 Å². The molecule has 0 bridgehead atoms. The van der Waals surface area contributed by atoms with Gasteiger partial charge in [0.05, 0.1) is 6.04 Å². The van der Waals surface area contributed by atoms with Gasteiger partial charge in [0.1, 0.15) is 17.7 Å². The molecule has 1 N–H and O–H groups in total. The smallest absolute Gasteiger partial charge is 0.179 e. The van der Waals surface area contributed by atoms with Crippen molar-refractivity contribution < 1.29 is 9.50 Å². The van der Waals surface area contributed by atoms with Crippen LogP contribution in [0.5, 0.6) is 0 Å². The third-order valence-corrected chi connectivity index (χ3v) is 4.25. The molecule has 4 rings (SSSR count). The van der Waals surface area contributed by atoms with Gasteiger partial charge in [0.15, 0.2) is 5.82 Å². The van der Waals surface area contributed by atoms with Gasteiger partial charge in [-0.25, -0.2) is 14.1 Å². The highest BCUT2D eigenvalue weighted by Crippen LogP contribution is 2.41. The standard InChI is InChI=1S/C15H16FN3O/c16-11-4-2-1-3-10(11)12-7-8-13-17-15(18-19(12)13)14(20)9-5-6-9/h1-4,9,12,14,20H,5-8H2. The number of benzene rings is 1. The van der Waals surface area contributed by atoms with E-state index >= 15 is 0 Å². The van der Waals surface area contributed by atoms with Crippen molar-refractivity contribution in [2.75, 3.05) is 0 Å². The van der Waals surface area contributed by atoms with Crippen LogP contribution in [0.1, 0.15) is 48.6 Å². The molecule has 1 fully saturated rings. The van der Waals surface area contributed by atoms with Crippen molar-refractivity contribution in [2.24, 2.45) is 5.92 Å². The van der Waals surface area contributed by atoms with E-state index in [1.54, 1.807) is 16.8 Å². The molecule has 2 unspecified atom stereocenters.